The second-order valence-corrected chi connectivity index (χ2v) is 12.8. The lowest BCUT2D eigenvalue weighted by atomic mass is 9.99. The molecule has 212 valence electrons. The molecule has 2 aromatic heterocycles. The average molecular weight is 682 g/mol. The van der Waals surface area contributed by atoms with E-state index in [1.165, 1.54) is 27.8 Å². The Labute approximate surface area is 257 Å². The van der Waals surface area contributed by atoms with Crippen LogP contribution >= 0.6 is 33.9 Å². The molecule has 1 aliphatic carbocycles. The number of carbonyl (C=O) groups excluding carboxylic acids is 2. The van der Waals surface area contributed by atoms with Crippen molar-refractivity contribution < 1.29 is 9.59 Å². The minimum absolute atomic E-state index is 0.0119. The van der Waals surface area contributed by atoms with Gasteiger partial charge in [-0.15, -0.1) is 11.3 Å². The van der Waals surface area contributed by atoms with Crippen LogP contribution in [0, 0.1) is 6.92 Å². The molecule has 1 atom stereocenters. The molecular formula is C31H32IN5O3S. The standard InChI is InChI=1S/C31H32IN5O3S/c1-18-22(9-7-10-23(18)35-29(38)26-16-20-8-5-6-11-25(20)41-26)24-17-37(4)31(40)28(34-24)33-21-14-12-19(13-15-21)27(32)30(39)36(2)3/h7,9-10,12-17,27H,5-6,8,11H2,1-4H3,(H,33,34)(H,35,38)/t27-/m0/s1. The predicted octanol–water partition coefficient (Wildman–Crippen LogP) is 6.26. The quantitative estimate of drug-likeness (QED) is 0.178. The molecule has 5 rings (SSSR count). The number of halogens is 1. The topological polar surface area (TPSA) is 96.3 Å². The Morgan fingerprint density at radius 1 is 1.10 bits per heavy atom. The van der Waals surface area contributed by atoms with E-state index in [9.17, 15) is 14.4 Å². The maximum atomic E-state index is 13.1. The molecule has 0 bridgehead atoms. The molecule has 2 amide bonds. The van der Waals surface area contributed by atoms with Crippen molar-refractivity contribution in [1.82, 2.24) is 14.5 Å². The lowest BCUT2D eigenvalue weighted by molar-refractivity contribution is -0.127. The highest BCUT2D eigenvalue weighted by Gasteiger charge is 2.20. The molecule has 0 fully saturated rings. The first-order valence-corrected chi connectivity index (χ1v) is 15.5. The third-order valence-corrected chi connectivity index (χ3v) is 9.76. The molecule has 1 aliphatic rings. The molecule has 0 radical (unpaired) electrons. The average Bonchev–Trinajstić information content (AvgIpc) is 3.41. The molecule has 41 heavy (non-hydrogen) atoms. The highest BCUT2D eigenvalue weighted by molar-refractivity contribution is 14.1. The Morgan fingerprint density at radius 2 is 1.83 bits per heavy atom. The predicted molar refractivity (Wildman–Crippen MR) is 174 cm³/mol. The fourth-order valence-electron chi connectivity index (χ4n) is 4.89. The van der Waals surface area contributed by atoms with Crippen molar-refractivity contribution in [2.75, 3.05) is 24.7 Å². The number of nitrogens with one attached hydrogen (secondary N) is 2. The highest BCUT2D eigenvalue weighted by atomic mass is 127. The number of amides is 2. The van der Waals surface area contributed by atoms with Gasteiger partial charge in [-0.2, -0.15) is 0 Å². The van der Waals surface area contributed by atoms with Gasteiger partial charge in [-0.05, 0) is 73.6 Å². The van der Waals surface area contributed by atoms with Crippen LogP contribution in [0.25, 0.3) is 11.3 Å². The minimum Gasteiger partial charge on any atom is -0.348 e. The van der Waals surface area contributed by atoms with Crippen LogP contribution in [0.2, 0.25) is 0 Å². The lowest BCUT2D eigenvalue weighted by Gasteiger charge is -2.16. The number of benzene rings is 2. The number of fused-ring (bicyclic) bond motifs is 1. The van der Waals surface area contributed by atoms with Gasteiger partial charge in [-0.1, -0.05) is 46.9 Å². The van der Waals surface area contributed by atoms with Gasteiger partial charge in [0.05, 0.1) is 10.6 Å². The summed E-state index contributed by atoms with van der Waals surface area (Å²) in [5.41, 5.74) is 5.60. The second-order valence-electron chi connectivity index (χ2n) is 10.4. The van der Waals surface area contributed by atoms with E-state index in [4.69, 9.17) is 0 Å². The molecule has 0 aliphatic heterocycles. The summed E-state index contributed by atoms with van der Waals surface area (Å²) in [6.45, 7) is 1.94. The molecule has 2 heterocycles. The largest absolute Gasteiger partial charge is 0.348 e. The Kier molecular flexibility index (Phi) is 8.60. The summed E-state index contributed by atoms with van der Waals surface area (Å²) in [5, 5.41) is 6.23. The molecule has 0 spiro atoms. The maximum absolute atomic E-state index is 13.1. The van der Waals surface area contributed by atoms with Crippen LogP contribution in [0.3, 0.4) is 0 Å². The molecule has 4 aromatic rings. The smallest absolute Gasteiger partial charge is 0.293 e. The number of likely N-dealkylation sites (N-methyl/N-ethyl adjacent to an activating group) is 1. The number of hydrogen-bond acceptors (Lipinski definition) is 6. The monoisotopic (exact) mass is 681 g/mol. The van der Waals surface area contributed by atoms with Crippen molar-refractivity contribution in [2.24, 2.45) is 7.05 Å². The van der Waals surface area contributed by atoms with E-state index < -0.39 is 0 Å². The van der Waals surface area contributed by atoms with E-state index in [-0.39, 0.29) is 27.1 Å². The third kappa shape index (κ3) is 6.23. The summed E-state index contributed by atoms with van der Waals surface area (Å²) >= 11 is 3.72. The third-order valence-electron chi connectivity index (χ3n) is 7.27. The van der Waals surface area contributed by atoms with Crippen molar-refractivity contribution in [3.8, 4) is 11.3 Å². The first-order valence-electron chi connectivity index (χ1n) is 13.4. The Morgan fingerprint density at radius 3 is 2.54 bits per heavy atom. The van der Waals surface area contributed by atoms with Crippen LogP contribution in [-0.2, 0) is 24.7 Å². The van der Waals surface area contributed by atoms with Gasteiger partial charge < -0.3 is 20.1 Å². The summed E-state index contributed by atoms with van der Waals surface area (Å²) in [7, 11) is 5.16. The van der Waals surface area contributed by atoms with Gasteiger partial charge >= 0.3 is 0 Å². The normalized spacial score (nSPS) is 13.3. The van der Waals surface area contributed by atoms with Crippen molar-refractivity contribution in [1.29, 1.82) is 0 Å². The minimum atomic E-state index is -0.299. The summed E-state index contributed by atoms with van der Waals surface area (Å²) in [6.07, 6.45) is 6.15. The van der Waals surface area contributed by atoms with E-state index in [1.54, 1.807) is 43.6 Å². The number of aromatic nitrogens is 2. The van der Waals surface area contributed by atoms with Crippen molar-refractivity contribution in [3.63, 3.8) is 0 Å². The van der Waals surface area contributed by atoms with E-state index in [2.05, 4.69) is 38.2 Å². The fourth-order valence-corrected chi connectivity index (χ4v) is 7.01. The first-order chi connectivity index (χ1) is 19.6. The zero-order valence-electron chi connectivity index (χ0n) is 23.5. The SMILES string of the molecule is Cc1c(NC(=O)c2cc3c(s2)CCCC3)cccc1-c1cn(C)c(=O)c(Nc2ccc([C@H](I)C(=O)N(C)C)cc2)n1. The number of anilines is 3. The molecule has 8 nitrogen and oxygen atoms in total. The van der Waals surface area contributed by atoms with Crippen molar-refractivity contribution >= 4 is 62.9 Å². The highest BCUT2D eigenvalue weighted by Crippen LogP contribution is 2.32. The fraction of sp³-hybridized carbons (Fsp3) is 0.290. The van der Waals surface area contributed by atoms with E-state index in [0.717, 1.165) is 34.4 Å². The number of rotatable bonds is 7. The number of aryl methyl sites for hydroxylation is 3. The van der Waals surface area contributed by atoms with Gasteiger partial charge in [0.1, 0.15) is 3.92 Å². The van der Waals surface area contributed by atoms with Gasteiger partial charge in [-0.3, -0.25) is 14.4 Å². The molecule has 10 heteroatoms. The Hall–Kier alpha value is -3.51. The van der Waals surface area contributed by atoms with Gasteiger partial charge in [0.15, 0.2) is 5.82 Å². The summed E-state index contributed by atoms with van der Waals surface area (Å²) in [4.78, 5) is 46.7. The molecular weight excluding hydrogens is 649 g/mol. The van der Waals surface area contributed by atoms with Crippen LogP contribution in [-0.4, -0.2) is 40.4 Å². The van der Waals surface area contributed by atoms with Crippen LogP contribution in [0.1, 0.15) is 48.0 Å². The lowest BCUT2D eigenvalue weighted by Crippen LogP contribution is -2.25. The number of thiophene rings is 1. The Balaban J connectivity index is 1.38. The van der Waals surface area contributed by atoms with Gasteiger partial charge in [0.25, 0.3) is 11.5 Å². The second kappa shape index (κ2) is 12.2. The summed E-state index contributed by atoms with van der Waals surface area (Å²) in [5.74, 6) is 0.0916. The first kappa shape index (κ1) is 29.0. The molecule has 2 aromatic carbocycles. The number of alkyl halides is 1. The van der Waals surface area contributed by atoms with Crippen molar-refractivity contribution in [2.45, 2.75) is 36.5 Å². The van der Waals surface area contributed by atoms with Gasteiger partial charge in [-0.25, -0.2) is 4.98 Å². The van der Waals surface area contributed by atoms with Crippen LogP contribution in [0.15, 0.2) is 59.5 Å². The van der Waals surface area contributed by atoms with Crippen molar-refractivity contribution in [3.05, 3.63) is 91.5 Å². The number of nitrogens with zero attached hydrogens (tertiary/aromatic N) is 3. The van der Waals surface area contributed by atoms with E-state index in [1.807, 2.05) is 55.5 Å². The molecule has 2 N–H and O–H groups in total. The zero-order valence-corrected chi connectivity index (χ0v) is 26.4. The number of hydrogen-bond donors (Lipinski definition) is 2. The van der Waals surface area contributed by atoms with Gasteiger partial charge in [0, 0.05) is 49.2 Å². The molecule has 0 saturated carbocycles. The molecule has 0 saturated heterocycles. The van der Waals surface area contributed by atoms with Crippen LogP contribution in [0.4, 0.5) is 17.2 Å². The summed E-state index contributed by atoms with van der Waals surface area (Å²) in [6, 6.07) is 15.1. The number of carbonyl (C=O) groups is 2. The zero-order chi connectivity index (χ0) is 29.3. The van der Waals surface area contributed by atoms with E-state index in [0.29, 0.717) is 17.1 Å². The Bertz CT molecular complexity index is 1650. The summed E-state index contributed by atoms with van der Waals surface area (Å²) < 4.78 is 1.20. The van der Waals surface area contributed by atoms with E-state index >= 15 is 0 Å². The molecule has 0 unspecified atom stereocenters. The van der Waals surface area contributed by atoms with Gasteiger partial charge in [0.2, 0.25) is 5.91 Å². The van der Waals surface area contributed by atoms with Crippen LogP contribution < -0.4 is 16.2 Å². The van der Waals surface area contributed by atoms with Crippen LogP contribution in [0.5, 0.6) is 0 Å². The maximum Gasteiger partial charge on any atom is 0.293 e.